The number of thiazole rings is 1. The Morgan fingerprint density at radius 2 is 1.75 bits per heavy atom. The van der Waals surface area contributed by atoms with Crippen LogP contribution in [0.2, 0.25) is 0 Å². The summed E-state index contributed by atoms with van der Waals surface area (Å²) in [6, 6.07) is 15.9. The Morgan fingerprint density at radius 1 is 1.05 bits per heavy atom. The second-order valence-electron chi connectivity index (χ2n) is 10.7. The van der Waals surface area contributed by atoms with E-state index in [2.05, 4.69) is 4.57 Å². The van der Waals surface area contributed by atoms with Crippen LogP contribution in [0.5, 0.6) is 5.75 Å². The molecule has 4 aromatic rings. The van der Waals surface area contributed by atoms with Gasteiger partial charge in [0.1, 0.15) is 11.8 Å². The molecule has 10 heteroatoms. The molecular formula is C34H35N3O6S. The highest BCUT2D eigenvalue weighted by Crippen LogP contribution is 2.36. The van der Waals surface area contributed by atoms with Crippen LogP contribution in [0.25, 0.3) is 11.8 Å². The molecule has 0 radical (unpaired) electrons. The Hall–Kier alpha value is -4.70. The number of para-hydroxylation sites is 1. The molecule has 2 aromatic carbocycles. The lowest BCUT2D eigenvalue weighted by Gasteiger charge is -2.26. The summed E-state index contributed by atoms with van der Waals surface area (Å²) in [4.78, 5) is 44.6. The van der Waals surface area contributed by atoms with Gasteiger partial charge in [0, 0.05) is 22.6 Å². The van der Waals surface area contributed by atoms with Crippen LogP contribution in [0.1, 0.15) is 66.6 Å². The fourth-order valence-electron chi connectivity index (χ4n) is 5.49. The lowest BCUT2D eigenvalue weighted by atomic mass is 9.95. The third kappa shape index (κ3) is 5.65. The molecule has 228 valence electrons. The average molecular weight is 614 g/mol. The molecule has 0 saturated carbocycles. The number of carbonyl (C=O) groups excluding carboxylic acids is 2. The van der Waals surface area contributed by atoms with Gasteiger partial charge >= 0.3 is 11.9 Å². The number of fused-ring (bicyclic) bond motifs is 1. The number of esters is 2. The van der Waals surface area contributed by atoms with Crippen LogP contribution in [0.3, 0.4) is 0 Å². The molecule has 0 amide bonds. The second kappa shape index (κ2) is 12.5. The van der Waals surface area contributed by atoms with E-state index >= 15 is 0 Å². The van der Waals surface area contributed by atoms with E-state index in [1.165, 1.54) is 18.4 Å². The first-order valence-electron chi connectivity index (χ1n) is 14.4. The van der Waals surface area contributed by atoms with Gasteiger partial charge in [0.15, 0.2) is 4.80 Å². The number of allylic oxidation sites excluding steroid dienone is 1. The van der Waals surface area contributed by atoms with Crippen LogP contribution in [-0.2, 0) is 14.3 Å². The molecule has 0 aliphatic carbocycles. The number of methoxy groups -OCH3 is 1. The van der Waals surface area contributed by atoms with E-state index in [4.69, 9.17) is 19.2 Å². The zero-order valence-electron chi connectivity index (χ0n) is 25.8. The lowest BCUT2D eigenvalue weighted by molar-refractivity contribution is -0.139. The summed E-state index contributed by atoms with van der Waals surface area (Å²) in [5.41, 5.74) is 5.32. The van der Waals surface area contributed by atoms with Crippen molar-refractivity contribution in [3.63, 3.8) is 0 Å². The van der Waals surface area contributed by atoms with Crippen LogP contribution < -0.4 is 19.6 Å². The Balaban J connectivity index is 1.66. The SMILES string of the molecule is CCOC(=O)C1=C(C)N=c2s/c(=C/c3cc(C)n(-c4ccc(C(=O)OC)cc4)c3C)c(=O)n2[C@@H]1c1ccccc1OC(C)C. The fraction of sp³-hybridized carbons (Fsp3) is 0.294. The molecule has 0 saturated heterocycles. The fourth-order valence-corrected chi connectivity index (χ4v) is 6.53. The van der Waals surface area contributed by atoms with Crippen molar-refractivity contribution in [3.05, 3.63) is 114 Å². The Labute approximate surface area is 259 Å². The first kappa shape index (κ1) is 30.7. The third-order valence-corrected chi connectivity index (χ3v) is 8.38. The molecule has 0 N–H and O–H groups in total. The van der Waals surface area contributed by atoms with Crippen molar-refractivity contribution in [1.82, 2.24) is 9.13 Å². The third-order valence-electron chi connectivity index (χ3n) is 7.40. The monoisotopic (exact) mass is 613 g/mol. The van der Waals surface area contributed by atoms with E-state index in [1.54, 1.807) is 30.5 Å². The van der Waals surface area contributed by atoms with Crippen molar-refractivity contribution >= 4 is 29.4 Å². The summed E-state index contributed by atoms with van der Waals surface area (Å²) in [5, 5.41) is 0. The van der Waals surface area contributed by atoms with Crippen LogP contribution in [0.4, 0.5) is 0 Å². The highest BCUT2D eigenvalue weighted by Gasteiger charge is 2.35. The quantitative estimate of drug-likeness (QED) is 0.265. The predicted molar refractivity (Wildman–Crippen MR) is 169 cm³/mol. The molecule has 3 heterocycles. The number of rotatable bonds is 8. The Kier molecular flexibility index (Phi) is 8.73. The average Bonchev–Trinajstić information content (AvgIpc) is 3.45. The lowest BCUT2D eigenvalue weighted by Crippen LogP contribution is -2.40. The maximum atomic E-state index is 14.2. The van der Waals surface area contributed by atoms with E-state index in [9.17, 15) is 14.4 Å². The van der Waals surface area contributed by atoms with Gasteiger partial charge in [-0.05, 0) is 89.6 Å². The van der Waals surface area contributed by atoms with E-state index in [0.29, 0.717) is 37.5 Å². The summed E-state index contributed by atoms with van der Waals surface area (Å²) in [5.74, 6) is -0.332. The minimum absolute atomic E-state index is 0.116. The minimum atomic E-state index is -0.775. The van der Waals surface area contributed by atoms with Gasteiger partial charge in [-0.3, -0.25) is 9.36 Å². The minimum Gasteiger partial charge on any atom is -0.491 e. The van der Waals surface area contributed by atoms with Crippen LogP contribution >= 0.6 is 11.3 Å². The molecule has 0 bridgehead atoms. The number of ether oxygens (including phenoxy) is 3. The van der Waals surface area contributed by atoms with Gasteiger partial charge in [-0.2, -0.15) is 0 Å². The Morgan fingerprint density at radius 3 is 2.41 bits per heavy atom. The molecular weight excluding hydrogens is 578 g/mol. The smallest absolute Gasteiger partial charge is 0.338 e. The number of aryl methyl sites for hydroxylation is 1. The van der Waals surface area contributed by atoms with E-state index in [1.807, 2.05) is 76.2 Å². The molecule has 1 aliphatic heterocycles. The van der Waals surface area contributed by atoms with Gasteiger partial charge in [-0.25, -0.2) is 14.6 Å². The van der Waals surface area contributed by atoms with E-state index in [0.717, 1.165) is 22.6 Å². The maximum absolute atomic E-state index is 14.2. The summed E-state index contributed by atoms with van der Waals surface area (Å²) >= 11 is 1.27. The molecule has 9 nitrogen and oxygen atoms in total. The first-order chi connectivity index (χ1) is 21.0. The molecule has 0 unspecified atom stereocenters. The zero-order chi connectivity index (χ0) is 31.7. The van der Waals surface area contributed by atoms with Crippen LogP contribution in [-0.4, -0.2) is 40.9 Å². The molecule has 5 rings (SSSR count). The second-order valence-corrected chi connectivity index (χ2v) is 11.7. The first-order valence-corrected chi connectivity index (χ1v) is 15.2. The van der Waals surface area contributed by atoms with Gasteiger partial charge in [0.25, 0.3) is 5.56 Å². The number of hydrogen-bond acceptors (Lipinski definition) is 8. The standard InChI is InChI=1S/C34H35N3O6S/c1-8-42-33(40)29-21(5)35-34-37(30(29)26-11-9-10-12-27(26)43-19(2)3)31(38)28(44-34)18-24-17-20(4)36(22(24)6)25-15-13-23(14-16-25)32(39)41-7/h9-19,30H,8H2,1-7H3/b28-18+/t30-/m1/s1. The number of aromatic nitrogens is 2. The summed E-state index contributed by atoms with van der Waals surface area (Å²) in [6.45, 7) is 11.5. The van der Waals surface area contributed by atoms with Gasteiger partial charge in [0.05, 0.1) is 41.2 Å². The summed E-state index contributed by atoms with van der Waals surface area (Å²) < 4.78 is 20.5. The zero-order valence-corrected chi connectivity index (χ0v) is 26.7. The highest BCUT2D eigenvalue weighted by molar-refractivity contribution is 7.07. The summed E-state index contributed by atoms with van der Waals surface area (Å²) in [6.07, 6.45) is 1.75. The topological polar surface area (TPSA) is 101 Å². The Bertz CT molecular complexity index is 1960. The van der Waals surface area contributed by atoms with E-state index < -0.39 is 18.0 Å². The van der Waals surface area contributed by atoms with Crippen molar-refractivity contribution in [2.75, 3.05) is 13.7 Å². The maximum Gasteiger partial charge on any atom is 0.338 e. The van der Waals surface area contributed by atoms with Crippen molar-refractivity contribution in [2.24, 2.45) is 4.99 Å². The van der Waals surface area contributed by atoms with Gasteiger partial charge in [0.2, 0.25) is 0 Å². The molecule has 1 aliphatic rings. The van der Waals surface area contributed by atoms with Crippen LogP contribution in [0.15, 0.2) is 75.7 Å². The van der Waals surface area contributed by atoms with E-state index in [-0.39, 0.29) is 18.3 Å². The largest absolute Gasteiger partial charge is 0.491 e. The van der Waals surface area contributed by atoms with Gasteiger partial charge in [-0.1, -0.05) is 29.5 Å². The number of hydrogen-bond donors (Lipinski definition) is 0. The molecule has 44 heavy (non-hydrogen) atoms. The van der Waals surface area contributed by atoms with Crippen molar-refractivity contribution in [3.8, 4) is 11.4 Å². The van der Waals surface area contributed by atoms with Crippen LogP contribution in [0, 0.1) is 13.8 Å². The number of nitrogens with zero attached hydrogens (tertiary/aromatic N) is 3. The molecule has 1 atom stereocenters. The number of carbonyl (C=O) groups is 2. The molecule has 0 spiro atoms. The molecule has 2 aromatic heterocycles. The summed E-state index contributed by atoms with van der Waals surface area (Å²) in [7, 11) is 1.35. The van der Waals surface area contributed by atoms with Crippen molar-refractivity contribution < 1.29 is 23.8 Å². The highest BCUT2D eigenvalue weighted by atomic mass is 32.1. The van der Waals surface area contributed by atoms with Crippen molar-refractivity contribution in [1.29, 1.82) is 0 Å². The van der Waals surface area contributed by atoms with Gasteiger partial charge in [-0.15, -0.1) is 0 Å². The molecule has 0 fully saturated rings. The number of benzene rings is 2. The van der Waals surface area contributed by atoms with Gasteiger partial charge < -0.3 is 18.8 Å². The normalized spacial score (nSPS) is 14.8. The van der Waals surface area contributed by atoms with Crippen molar-refractivity contribution in [2.45, 2.75) is 53.7 Å². The predicted octanol–water partition coefficient (Wildman–Crippen LogP) is 4.78.